The van der Waals surface area contributed by atoms with Crippen LogP contribution in [-0.2, 0) is 16.6 Å². The summed E-state index contributed by atoms with van der Waals surface area (Å²) in [6, 6.07) is 1.69. The molecule has 2 N–H and O–H groups in total. The van der Waals surface area contributed by atoms with E-state index in [1.165, 1.54) is 0 Å². The van der Waals surface area contributed by atoms with Crippen molar-refractivity contribution in [1.82, 2.24) is 10.0 Å². The van der Waals surface area contributed by atoms with E-state index in [2.05, 4.69) is 17.0 Å². The van der Waals surface area contributed by atoms with Gasteiger partial charge in [0.1, 0.15) is 16.4 Å². The molecule has 1 aliphatic carbocycles. The lowest BCUT2D eigenvalue weighted by Crippen LogP contribution is -2.43. The number of furan rings is 1. The molecule has 0 radical (unpaired) electrons. The van der Waals surface area contributed by atoms with Crippen LogP contribution in [0.25, 0.3) is 0 Å². The first-order valence-electron chi connectivity index (χ1n) is 6.74. The lowest BCUT2D eigenvalue weighted by Gasteiger charge is -2.32. The molecule has 0 amide bonds. The Bertz CT molecular complexity index is 530. The van der Waals surface area contributed by atoms with Crippen molar-refractivity contribution in [2.24, 2.45) is 5.92 Å². The van der Waals surface area contributed by atoms with Gasteiger partial charge in [-0.3, -0.25) is 0 Å². The van der Waals surface area contributed by atoms with Crippen molar-refractivity contribution in [2.75, 3.05) is 6.54 Å². The summed E-state index contributed by atoms with van der Waals surface area (Å²) in [5.41, 5.74) is 0. The molecule has 2 rings (SSSR count). The summed E-state index contributed by atoms with van der Waals surface area (Å²) < 4.78 is 32.7. The molecule has 1 heterocycles. The molecule has 0 aliphatic heterocycles. The first-order valence-corrected chi connectivity index (χ1v) is 8.23. The topological polar surface area (TPSA) is 71.3 Å². The Kier molecular flexibility index (Phi) is 4.32. The summed E-state index contributed by atoms with van der Waals surface area (Å²) in [6.07, 6.45) is 1.83. The molecule has 5 nitrogen and oxygen atoms in total. The van der Waals surface area contributed by atoms with Crippen molar-refractivity contribution >= 4 is 10.0 Å². The Morgan fingerprint density at radius 3 is 2.68 bits per heavy atom. The van der Waals surface area contributed by atoms with Crippen LogP contribution >= 0.6 is 0 Å². The molecule has 6 heteroatoms. The second-order valence-corrected chi connectivity index (χ2v) is 6.99. The summed E-state index contributed by atoms with van der Waals surface area (Å²) in [5.74, 6) is 1.72. The van der Waals surface area contributed by atoms with Gasteiger partial charge in [-0.2, -0.15) is 0 Å². The summed E-state index contributed by atoms with van der Waals surface area (Å²) in [6.45, 7) is 7.18. The maximum absolute atomic E-state index is 12.3. The predicted molar refractivity (Wildman–Crippen MR) is 73.3 cm³/mol. The largest absolute Gasteiger partial charge is 0.464 e. The fraction of sp³-hybridized carbons (Fsp3) is 0.692. The molecule has 1 saturated carbocycles. The number of nitrogens with one attached hydrogen (secondary N) is 2. The minimum Gasteiger partial charge on any atom is -0.464 e. The SMILES string of the molecule is CCNCc1cc(S(=O)(=O)NC2CC(C)C2)c(C)o1. The van der Waals surface area contributed by atoms with Crippen molar-refractivity contribution in [3.05, 3.63) is 17.6 Å². The van der Waals surface area contributed by atoms with Gasteiger partial charge in [-0.15, -0.1) is 0 Å². The summed E-state index contributed by atoms with van der Waals surface area (Å²) in [4.78, 5) is 0.264. The second-order valence-electron chi connectivity index (χ2n) is 5.31. The number of hydrogen-bond acceptors (Lipinski definition) is 4. The number of rotatable bonds is 6. The van der Waals surface area contributed by atoms with Crippen LogP contribution in [0.4, 0.5) is 0 Å². The van der Waals surface area contributed by atoms with Gasteiger partial charge in [-0.25, -0.2) is 13.1 Å². The smallest absolute Gasteiger partial charge is 0.244 e. The van der Waals surface area contributed by atoms with E-state index in [0.29, 0.717) is 24.0 Å². The minimum absolute atomic E-state index is 0.0755. The van der Waals surface area contributed by atoms with E-state index in [1.807, 2.05) is 6.92 Å². The Hall–Kier alpha value is -0.850. The van der Waals surface area contributed by atoms with Gasteiger partial charge in [-0.05, 0) is 32.2 Å². The molecular formula is C13H22N2O3S. The normalized spacial score (nSPS) is 23.3. The zero-order valence-electron chi connectivity index (χ0n) is 11.7. The third-order valence-corrected chi connectivity index (χ3v) is 5.09. The van der Waals surface area contributed by atoms with Gasteiger partial charge in [0, 0.05) is 12.1 Å². The van der Waals surface area contributed by atoms with Crippen LogP contribution in [-0.4, -0.2) is 21.0 Å². The maximum Gasteiger partial charge on any atom is 0.244 e. The van der Waals surface area contributed by atoms with E-state index in [1.54, 1.807) is 13.0 Å². The second kappa shape index (κ2) is 5.64. The molecule has 0 bridgehead atoms. The van der Waals surface area contributed by atoms with Gasteiger partial charge in [0.15, 0.2) is 0 Å². The number of aryl methyl sites for hydroxylation is 1. The van der Waals surface area contributed by atoms with Crippen LogP contribution in [0.5, 0.6) is 0 Å². The fourth-order valence-electron chi connectivity index (χ4n) is 2.41. The molecule has 0 spiro atoms. The molecular weight excluding hydrogens is 264 g/mol. The molecule has 0 unspecified atom stereocenters. The average Bonchev–Trinajstić information content (AvgIpc) is 2.66. The Morgan fingerprint density at radius 2 is 2.11 bits per heavy atom. The predicted octanol–water partition coefficient (Wildman–Crippen LogP) is 1.77. The van der Waals surface area contributed by atoms with Crippen LogP contribution in [0.2, 0.25) is 0 Å². The Labute approximate surface area is 114 Å². The van der Waals surface area contributed by atoms with E-state index in [9.17, 15) is 8.42 Å². The lowest BCUT2D eigenvalue weighted by atomic mass is 9.83. The summed E-state index contributed by atoms with van der Waals surface area (Å²) in [7, 11) is -3.45. The number of sulfonamides is 1. The number of hydrogen-bond donors (Lipinski definition) is 2. The fourth-order valence-corrected chi connectivity index (χ4v) is 3.87. The van der Waals surface area contributed by atoms with Gasteiger partial charge in [0.25, 0.3) is 0 Å². The van der Waals surface area contributed by atoms with Gasteiger partial charge >= 0.3 is 0 Å². The monoisotopic (exact) mass is 286 g/mol. The molecule has 1 aliphatic rings. The van der Waals surface area contributed by atoms with Gasteiger partial charge < -0.3 is 9.73 Å². The molecule has 0 aromatic carbocycles. The van der Waals surface area contributed by atoms with Crippen LogP contribution in [0.1, 0.15) is 38.2 Å². The molecule has 108 valence electrons. The van der Waals surface area contributed by atoms with Crippen molar-refractivity contribution < 1.29 is 12.8 Å². The van der Waals surface area contributed by atoms with Gasteiger partial charge in [0.05, 0.1) is 6.54 Å². The highest BCUT2D eigenvalue weighted by Gasteiger charge is 2.31. The van der Waals surface area contributed by atoms with Crippen molar-refractivity contribution in [2.45, 2.75) is 51.1 Å². The third kappa shape index (κ3) is 3.38. The lowest BCUT2D eigenvalue weighted by molar-refractivity contribution is 0.270. The van der Waals surface area contributed by atoms with Crippen LogP contribution in [0, 0.1) is 12.8 Å². The molecule has 1 aromatic heterocycles. The molecule has 0 saturated heterocycles. The molecule has 0 atom stereocenters. The van der Waals surface area contributed by atoms with E-state index < -0.39 is 10.0 Å². The average molecular weight is 286 g/mol. The van der Waals surface area contributed by atoms with Crippen molar-refractivity contribution in [1.29, 1.82) is 0 Å². The zero-order chi connectivity index (χ0) is 14.0. The highest BCUT2D eigenvalue weighted by atomic mass is 32.2. The van der Waals surface area contributed by atoms with Crippen LogP contribution in [0.3, 0.4) is 0 Å². The van der Waals surface area contributed by atoms with Gasteiger partial charge in [0.2, 0.25) is 10.0 Å². The Balaban J connectivity index is 2.09. The first-order chi connectivity index (χ1) is 8.92. The standard InChI is InChI=1S/C13H22N2O3S/c1-4-14-8-12-7-13(10(3)18-12)19(16,17)15-11-5-9(2)6-11/h7,9,11,14-15H,4-6,8H2,1-3H3. The summed E-state index contributed by atoms with van der Waals surface area (Å²) >= 11 is 0. The quantitative estimate of drug-likeness (QED) is 0.836. The van der Waals surface area contributed by atoms with Gasteiger partial charge in [-0.1, -0.05) is 13.8 Å². The Morgan fingerprint density at radius 1 is 1.42 bits per heavy atom. The molecule has 1 fully saturated rings. The summed E-state index contributed by atoms with van der Waals surface area (Å²) in [5, 5.41) is 3.12. The van der Waals surface area contributed by atoms with Crippen LogP contribution < -0.4 is 10.0 Å². The highest BCUT2D eigenvalue weighted by Crippen LogP contribution is 2.29. The maximum atomic E-state index is 12.3. The van der Waals surface area contributed by atoms with E-state index in [-0.39, 0.29) is 10.9 Å². The van der Waals surface area contributed by atoms with Crippen LogP contribution in [0.15, 0.2) is 15.4 Å². The van der Waals surface area contributed by atoms with Crippen molar-refractivity contribution in [3.8, 4) is 0 Å². The van der Waals surface area contributed by atoms with E-state index >= 15 is 0 Å². The molecule has 1 aromatic rings. The third-order valence-electron chi connectivity index (χ3n) is 3.46. The van der Waals surface area contributed by atoms with Crippen molar-refractivity contribution in [3.63, 3.8) is 0 Å². The first kappa shape index (κ1) is 14.6. The van der Waals surface area contributed by atoms with E-state index in [4.69, 9.17) is 4.42 Å². The zero-order valence-corrected chi connectivity index (χ0v) is 12.5. The molecule has 19 heavy (non-hydrogen) atoms. The highest BCUT2D eigenvalue weighted by molar-refractivity contribution is 7.89. The minimum atomic E-state index is -3.45. The van der Waals surface area contributed by atoms with E-state index in [0.717, 1.165) is 19.4 Å².